The van der Waals surface area contributed by atoms with Gasteiger partial charge in [-0.3, -0.25) is 15.1 Å². The molecule has 32 heavy (non-hydrogen) atoms. The van der Waals surface area contributed by atoms with E-state index in [2.05, 4.69) is 4.99 Å². The van der Waals surface area contributed by atoms with Gasteiger partial charge in [-0.1, -0.05) is 11.6 Å². The van der Waals surface area contributed by atoms with Gasteiger partial charge in [0.15, 0.2) is 0 Å². The molecule has 0 N–H and O–H groups in total. The van der Waals surface area contributed by atoms with Crippen LogP contribution in [0.15, 0.2) is 65.7 Å². The van der Waals surface area contributed by atoms with Gasteiger partial charge in [-0.25, -0.2) is 0 Å². The van der Waals surface area contributed by atoms with Crippen molar-refractivity contribution in [3.63, 3.8) is 0 Å². The van der Waals surface area contributed by atoms with Gasteiger partial charge in [-0.05, 0) is 61.5 Å². The van der Waals surface area contributed by atoms with Gasteiger partial charge >= 0.3 is 11.9 Å². The lowest BCUT2D eigenvalue weighted by Crippen LogP contribution is -2.06. The Morgan fingerprint density at radius 1 is 1.06 bits per heavy atom. The molecular formula is C22H16ClF3N2O4. The van der Waals surface area contributed by atoms with E-state index in [0.717, 1.165) is 6.07 Å². The molecule has 3 aromatic rings. The zero-order valence-electron chi connectivity index (χ0n) is 16.6. The number of nitrogens with zero attached hydrogens (tertiary/aromatic N) is 2. The number of aliphatic imine (C=N–C) groups is 1. The molecule has 0 amide bonds. The van der Waals surface area contributed by atoms with Crippen LogP contribution in [-0.2, 0) is 6.18 Å². The van der Waals surface area contributed by atoms with Crippen molar-refractivity contribution in [1.29, 1.82) is 0 Å². The third kappa shape index (κ3) is 5.76. The van der Waals surface area contributed by atoms with Crippen LogP contribution in [0.2, 0.25) is 5.02 Å². The maximum absolute atomic E-state index is 12.9. The lowest BCUT2D eigenvalue weighted by atomic mass is 10.1. The van der Waals surface area contributed by atoms with E-state index in [9.17, 15) is 23.3 Å². The first-order chi connectivity index (χ1) is 15.2. The molecule has 166 valence electrons. The maximum Gasteiger partial charge on any atom is 0.416 e. The Morgan fingerprint density at radius 3 is 2.38 bits per heavy atom. The highest BCUT2D eigenvalue weighted by Gasteiger charge is 2.33. The minimum atomic E-state index is -4.72. The third-order valence-corrected chi connectivity index (χ3v) is 4.41. The standard InChI is InChI=1S/C22H16ClF3N2O4/c1-2-31-18-7-5-17(6-8-18)27-13-14-11-16(23)4-10-20(14)32-21-9-3-15(22(24,25)26)12-19(21)28(29)30/h3-13H,2H2,1H3. The molecule has 6 nitrogen and oxygen atoms in total. The van der Waals surface area contributed by atoms with Crippen molar-refractivity contribution in [3.8, 4) is 17.2 Å². The average molecular weight is 465 g/mol. The van der Waals surface area contributed by atoms with E-state index in [4.69, 9.17) is 21.1 Å². The Labute approximate surface area is 186 Å². The molecule has 10 heteroatoms. The number of halogens is 4. The Bertz CT molecular complexity index is 1150. The second kappa shape index (κ2) is 9.69. The summed E-state index contributed by atoms with van der Waals surface area (Å²) in [6.07, 6.45) is -3.29. The Hall–Kier alpha value is -3.59. The molecule has 0 saturated heterocycles. The predicted molar refractivity (Wildman–Crippen MR) is 114 cm³/mol. The SMILES string of the molecule is CCOc1ccc(N=Cc2cc(Cl)ccc2Oc2ccc(C(F)(F)F)cc2[N+](=O)[O-])cc1. The van der Waals surface area contributed by atoms with Crippen molar-refractivity contribution in [1.82, 2.24) is 0 Å². The first kappa shape index (κ1) is 23.1. The number of hydrogen-bond acceptors (Lipinski definition) is 5. The van der Waals surface area contributed by atoms with E-state index < -0.39 is 22.4 Å². The van der Waals surface area contributed by atoms with Crippen LogP contribution in [0.1, 0.15) is 18.1 Å². The van der Waals surface area contributed by atoms with E-state index in [-0.39, 0.29) is 11.5 Å². The predicted octanol–water partition coefficient (Wildman–Crippen LogP) is 7.21. The van der Waals surface area contributed by atoms with E-state index in [0.29, 0.717) is 40.8 Å². The molecule has 0 unspecified atom stereocenters. The number of nitro groups is 1. The molecular weight excluding hydrogens is 449 g/mol. The summed E-state index contributed by atoms with van der Waals surface area (Å²) < 4.78 is 49.7. The van der Waals surface area contributed by atoms with Crippen molar-refractivity contribution < 1.29 is 27.6 Å². The van der Waals surface area contributed by atoms with Crippen LogP contribution in [0.25, 0.3) is 0 Å². The second-order valence-electron chi connectivity index (χ2n) is 6.41. The van der Waals surface area contributed by atoms with Crippen LogP contribution in [0, 0.1) is 10.1 Å². The van der Waals surface area contributed by atoms with Crippen LogP contribution < -0.4 is 9.47 Å². The number of ether oxygens (including phenoxy) is 2. The fourth-order valence-corrected chi connectivity index (χ4v) is 2.87. The number of alkyl halides is 3. The lowest BCUT2D eigenvalue weighted by Gasteiger charge is -2.11. The molecule has 0 heterocycles. The van der Waals surface area contributed by atoms with Crippen molar-refractivity contribution >= 4 is 29.2 Å². The summed E-state index contributed by atoms with van der Waals surface area (Å²) in [7, 11) is 0. The molecule has 0 radical (unpaired) electrons. The monoisotopic (exact) mass is 464 g/mol. The summed E-state index contributed by atoms with van der Waals surface area (Å²) in [5.74, 6) is 0.473. The van der Waals surface area contributed by atoms with Crippen molar-refractivity contribution in [2.24, 2.45) is 4.99 Å². The molecule has 3 aromatic carbocycles. The first-order valence-corrected chi connectivity index (χ1v) is 9.65. The van der Waals surface area contributed by atoms with Crippen LogP contribution in [0.3, 0.4) is 0 Å². The number of rotatable bonds is 7. The van der Waals surface area contributed by atoms with Gasteiger partial charge in [0.05, 0.1) is 22.8 Å². The summed E-state index contributed by atoms with van der Waals surface area (Å²) in [4.78, 5) is 14.7. The molecule has 0 aromatic heterocycles. The summed E-state index contributed by atoms with van der Waals surface area (Å²) in [6.45, 7) is 2.40. The van der Waals surface area contributed by atoms with Gasteiger partial charge < -0.3 is 9.47 Å². The van der Waals surface area contributed by atoms with Crippen LogP contribution in [0.4, 0.5) is 24.5 Å². The van der Waals surface area contributed by atoms with Crippen molar-refractivity contribution in [3.05, 3.63) is 86.9 Å². The van der Waals surface area contributed by atoms with Crippen LogP contribution in [0.5, 0.6) is 17.2 Å². The molecule has 0 aliphatic rings. The summed E-state index contributed by atoms with van der Waals surface area (Å²) in [6, 6.07) is 13.5. The third-order valence-electron chi connectivity index (χ3n) is 4.18. The number of hydrogen-bond donors (Lipinski definition) is 0. The molecule has 0 saturated carbocycles. The smallest absolute Gasteiger partial charge is 0.416 e. The van der Waals surface area contributed by atoms with Gasteiger partial charge in [0, 0.05) is 22.9 Å². The highest BCUT2D eigenvalue weighted by molar-refractivity contribution is 6.30. The fourth-order valence-electron chi connectivity index (χ4n) is 2.69. The zero-order chi connectivity index (χ0) is 23.3. The van der Waals surface area contributed by atoms with Crippen LogP contribution in [-0.4, -0.2) is 17.7 Å². The number of nitro benzene ring substituents is 1. The summed E-state index contributed by atoms with van der Waals surface area (Å²) >= 11 is 6.04. The maximum atomic E-state index is 12.9. The fraction of sp³-hybridized carbons (Fsp3) is 0.136. The number of benzene rings is 3. The normalized spacial score (nSPS) is 11.5. The molecule has 0 aliphatic heterocycles. The molecule has 0 aliphatic carbocycles. The summed E-state index contributed by atoms with van der Waals surface area (Å²) in [5.41, 5.74) is -0.991. The highest BCUT2D eigenvalue weighted by atomic mass is 35.5. The van der Waals surface area contributed by atoms with Gasteiger partial charge in [0.2, 0.25) is 5.75 Å². The van der Waals surface area contributed by atoms with Gasteiger partial charge in [0.1, 0.15) is 11.5 Å². The second-order valence-corrected chi connectivity index (χ2v) is 6.84. The molecule has 3 rings (SSSR count). The van der Waals surface area contributed by atoms with Crippen molar-refractivity contribution in [2.45, 2.75) is 13.1 Å². The van der Waals surface area contributed by atoms with E-state index in [1.807, 2.05) is 6.92 Å². The quantitative estimate of drug-likeness (QED) is 0.210. The minimum Gasteiger partial charge on any atom is -0.494 e. The largest absolute Gasteiger partial charge is 0.494 e. The van der Waals surface area contributed by atoms with E-state index in [1.165, 1.54) is 24.4 Å². The summed E-state index contributed by atoms with van der Waals surface area (Å²) in [5, 5.41) is 11.7. The van der Waals surface area contributed by atoms with Crippen LogP contribution >= 0.6 is 11.6 Å². The van der Waals surface area contributed by atoms with Gasteiger partial charge in [-0.15, -0.1) is 0 Å². The van der Waals surface area contributed by atoms with E-state index >= 15 is 0 Å². The van der Waals surface area contributed by atoms with Gasteiger partial charge in [-0.2, -0.15) is 13.2 Å². The Morgan fingerprint density at radius 2 is 1.75 bits per heavy atom. The van der Waals surface area contributed by atoms with Crippen molar-refractivity contribution in [2.75, 3.05) is 6.61 Å². The molecule has 0 atom stereocenters. The molecule has 0 spiro atoms. The molecule has 0 bridgehead atoms. The first-order valence-electron chi connectivity index (χ1n) is 9.27. The zero-order valence-corrected chi connectivity index (χ0v) is 17.4. The van der Waals surface area contributed by atoms with E-state index in [1.54, 1.807) is 24.3 Å². The van der Waals surface area contributed by atoms with Gasteiger partial charge in [0.25, 0.3) is 0 Å². The Kier molecular flexibility index (Phi) is 6.99. The molecule has 0 fully saturated rings. The highest BCUT2D eigenvalue weighted by Crippen LogP contribution is 2.38. The topological polar surface area (TPSA) is 74.0 Å². The minimum absolute atomic E-state index is 0.131. The average Bonchev–Trinajstić information content (AvgIpc) is 2.74. The lowest BCUT2D eigenvalue weighted by molar-refractivity contribution is -0.385. The Balaban J connectivity index is 1.92.